The number of hydrogen-bond donors (Lipinski definition) is 0. The van der Waals surface area contributed by atoms with Crippen LogP contribution >= 0.6 is 0 Å². The van der Waals surface area contributed by atoms with E-state index in [0.29, 0.717) is 11.5 Å². The number of carbonyl (C=O) groups excluding carboxylic acids is 1. The number of nitrogens with zero attached hydrogens (tertiary/aromatic N) is 4. The molecular formula is C22H26N4O. The molecule has 0 atom stereocenters. The molecule has 1 saturated carbocycles. The molecule has 0 bridgehead atoms. The summed E-state index contributed by atoms with van der Waals surface area (Å²) >= 11 is 0. The lowest BCUT2D eigenvalue weighted by atomic mass is 10.1. The Morgan fingerprint density at radius 1 is 1.19 bits per heavy atom. The van der Waals surface area contributed by atoms with Crippen molar-refractivity contribution >= 4 is 22.8 Å². The molecule has 2 heterocycles. The van der Waals surface area contributed by atoms with Crippen LogP contribution in [0, 0.1) is 12.8 Å². The van der Waals surface area contributed by atoms with Crippen molar-refractivity contribution in [2.45, 2.75) is 52.6 Å². The van der Waals surface area contributed by atoms with E-state index in [1.165, 1.54) is 0 Å². The Labute approximate surface area is 160 Å². The molecule has 0 unspecified atom stereocenters. The third-order valence-corrected chi connectivity index (χ3v) is 5.07. The first kappa shape index (κ1) is 17.7. The van der Waals surface area contributed by atoms with Crippen LogP contribution in [0.2, 0.25) is 0 Å². The van der Waals surface area contributed by atoms with Crippen molar-refractivity contribution in [3.05, 3.63) is 53.7 Å². The second-order valence-electron chi connectivity index (χ2n) is 7.90. The minimum absolute atomic E-state index is 0.0256. The van der Waals surface area contributed by atoms with Crippen molar-refractivity contribution in [1.29, 1.82) is 0 Å². The number of aryl methyl sites for hydroxylation is 2. The molecule has 5 nitrogen and oxygen atoms in total. The summed E-state index contributed by atoms with van der Waals surface area (Å²) in [4.78, 5) is 19.9. The number of benzene rings is 1. The number of carbonyl (C=O) groups is 1. The maximum Gasteiger partial charge on any atom is 0.259 e. The van der Waals surface area contributed by atoms with Gasteiger partial charge in [0.1, 0.15) is 5.82 Å². The molecule has 1 aliphatic rings. The van der Waals surface area contributed by atoms with Gasteiger partial charge in [0.15, 0.2) is 5.65 Å². The molecular weight excluding hydrogens is 336 g/mol. The molecule has 0 N–H and O–H groups in total. The summed E-state index contributed by atoms with van der Waals surface area (Å²) in [6, 6.07) is 12.0. The van der Waals surface area contributed by atoms with Gasteiger partial charge < -0.3 is 0 Å². The predicted molar refractivity (Wildman–Crippen MR) is 108 cm³/mol. The van der Waals surface area contributed by atoms with Crippen LogP contribution in [-0.2, 0) is 6.54 Å². The Bertz CT molecular complexity index is 954. The molecule has 0 spiro atoms. The van der Waals surface area contributed by atoms with Gasteiger partial charge in [-0.25, -0.2) is 9.67 Å². The van der Waals surface area contributed by atoms with E-state index in [1.807, 2.05) is 59.1 Å². The molecule has 0 saturated heterocycles. The molecule has 1 aromatic carbocycles. The summed E-state index contributed by atoms with van der Waals surface area (Å²) < 4.78 is 1.96. The maximum absolute atomic E-state index is 13.2. The molecule has 2 aromatic heterocycles. The highest BCUT2D eigenvalue weighted by atomic mass is 16.2. The zero-order chi connectivity index (χ0) is 19.0. The molecule has 0 aliphatic heterocycles. The highest BCUT2D eigenvalue weighted by Crippen LogP contribution is 2.33. The van der Waals surface area contributed by atoms with Crippen LogP contribution in [0.5, 0.6) is 0 Å². The van der Waals surface area contributed by atoms with Gasteiger partial charge in [-0.05, 0) is 56.4 Å². The molecule has 5 heteroatoms. The summed E-state index contributed by atoms with van der Waals surface area (Å²) in [6.45, 7) is 7.28. The van der Waals surface area contributed by atoms with E-state index in [9.17, 15) is 4.79 Å². The second-order valence-corrected chi connectivity index (χ2v) is 7.90. The third-order valence-electron chi connectivity index (χ3n) is 5.07. The van der Waals surface area contributed by atoms with Crippen LogP contribution in [0.15, 0.2) is 42.6 Å². The van der Waals surface area contributed by atoms with Gasteiger partial charge in [0, 0.05) is 23.5 Å². The monoisotopic (exact) mass is 362 g/mol. The van der Waals surface area contributed by atoms with Crippen molar-refractivity contribution in [3.63, 3.8) is 0 Å². The second kappa shape index (κ2) is 7.14. The van der Waals surface area contributed by atoms with E-state index in [0.717, 1.165) is 48.2 Å². The fourth-order valence-corrected chi connectivity index (χ4v) is 3.25. The molecule has 140 valence electrons. The van der Waals surface area contributed by atoms with Gasteiger partial charge in [0.2, 0.25) is 0 Å². The van der Waals surface area contributed by atoms with E-state index in [2.05, 4.69) is 18.9 Å². The molecule has 0 radical (unpaired) electrons. The lowest BCUT2D eigenvalue weighted by Crippen LogP contribution is -2.33. The largest absolute Gasteiger partial charge is 0.290 e. The molecule has 1 amide bonds. The topological polar surface area (TPSA) is 51.0 Å². The zero-order valence-electron chi connectivity index (χ0n) is 16.2. The van der Waals surface area contributed by atoms with Gasteiger partial charge in [-0.1, -0.05) is 31.5 Å². The molecule has 3 aromatic rings. The Balaban J connectivity index is 1.68. The summed E-state index contributed by atoms with van der Waals surface area (Å²) in [5.41, 5.74) is 2.72. The normalized spacial score (nSPS) is 14.1. The van der Waals surface area contributed by atoms with Gasteiger partial charge in [0.25, 0.3) is 5.91 Å². The highest BCUT2D eigenvalue weighted by Gasteiger charge is 2.35. The summed E-state index contributed by atoms with van der Waals surface area (Å²) in [5, 5.41) is 5.51. The molecule has 1 aliphatic carbocycles. The quantitative estimate of drug-likeness (QED) is 0.644. The lowest BCUT2D eigenvalue weighted by Gasteiger charge is -2.22. The summed E-state index contributed by atoms with van der Waals surface area (Å²) in [7, 11) is 0. The Hall–Kier alpha value is -2.69. The lowest BCUT2D eigenvalue weighted by molar-refractivity contribution is 0.0984. The fraction of sp³-hybridized carbons (Fsp3) is 0.409. The van der Waals surface area contributed by atoms with Crippen LogP contribution in [-0.4, -0.2) is 26.7 Å². The highest BCUT2D eigenvalue weighted by molar-refractivity contribution is 6.06. The number of hydrogen-bond acceptors (Lipinski definition) is 3. The van der Waals surface area contributed by atoms with Crippen LogP contribution in [0.3, 0.4) is 0 Å². The Morgan fingerprint density at radius 3 is 2.59 bits per heavy atom. The molecule has 4 rings (SSSR count). The number of rotatable bonds is 6. The van der Waals surface area contributed by atoms with Crippen molar-refractivity contribution in [2.24, 2.45) is 5.92 Å². The van der Waals surface area contributed by atoms with Crippen molar-refractivity contribution in [1.82, 2.24) is 14.8 Å². The first-order valence-corrected chi connectivity index (χ1v) is 9.75. The van der Waals surface area contributed by atoms with Crippen LogP contribution in [0.25, 0.3) is 11.0 Å². The van der Waals surface area contributed by atoms with E-state index in [4.69, 9.17) is 4.98 Å². The molecule has 1 fully saturated rings. The van der Waals surface area contributed by atoms with Gasteiger partial charge >= 0.3 is 0 Å². The van der Waals surface area contributed by atoms with E-state index >= 15 is 0 Å². The van der Waals surface area contributed by atoms with Crippen molar-refractivity contribution in [2.75, 3.05) is 4.90 Å². The van der Waals surface area contributed by atoms with Crippen LogP contribution in [0.1, 0.15) is 49.0 Å². The summed E-state index contributed by atoms with van der Waals surface area (Å²) in [5.74, 6) is 1.36. The van der Waals surface area contributed by atoms with E-state index in [1.54, 1.807) is 0 Å². The number of fused-ring (bicyclic) bond motifs is 1. The summed E-state index contributed by atoms with van der Waals surface area (Å²) in [6.07, 6.45) is 4.97. The maximum atomic E-state index is 13.2. The number of amides is 1. The van der Waals surface area contributed by atoms with Crippen LogP contribution < -0.4 is 4.90 Å². The molecule has 27 heavy (non-hydrogen) atoms. The smallest absolute Gasteiger partial charge is 0.259 e. The van der Waals surface area contributed by atoms with Crippen molar-refractivity contribution in [3.8, 4) is 0 Å². The van der Waals surface area contributed by atoms with Crippen LogP contribution in [0.4, 0.5) is 5.82 Å². The number of anilines is 1. The number of pyridine rings is 1. The third kappa shape index (κ3) is 3.72. The zero-order valence-corrected chi connectivity index (χ0v) is 16.2. The number of aromatic nitrogens is 3. The fourth-order valence-electron chi connectivity index (χ4n) is 3.25. The minimum atomic E-state index is 0.0256. The van der Waals surface area contributed by atoms with E-state index < -0.39 is 0 Å². The first-order valence-electron chi connectivity index (χ1n) is 9.75. The standard InChI is InChI=1S/C22H26N4O/c1-15(2)12-13-25-21-18(14-23-25)8-11-20(24-21)26(19-9-10-19)22(27)17-6-4-16(3)5-7-17/h4-8,11,14-15,19H,9-10,12-13H2,1-3H3. The van der Waals surface area contributed by atoms with Gasteiger partial charge in [-0.3, -0.25) is 9.69 Å². The SMILES string of the molecule is Cc1ccc(C(=O)N(c2ccc3cnn(CCC(C)C)c3n2)C2CC2)cc1. The van der Waals surface area contributed by atoms with Gasteiger partial charge in [-0.15, -0.1) is 0 Å². The van der Waals surface area contributed by atoms with E-state index in [-0.39, 0.29) is 11.9 Å². The van der Waals surface area contributed by atoms with Crippen molar-refractivity contribution < 1.29 is 4.79 Å². The Morgan fingerprint density at radius 2 is 1.93 bits per heavy atom. The average Bonchev–Trinajstić information content (AvgIpc) is 3.40. The van der Waals surface area contributed by atoms with Gasteiger partial charge in [-0.2, -0.15) is 5.10 Å². The van der Waals surface area contributed by atoms with Gasteiger partial charge in [0.05, 0.1) is 6.20 Å². The minimum Gasteiger partial charge on any atom is -0.290 e. The first-order chi connectivity index (χ1) is 13.0. The Kier molecular flexibility index (Phi) is 4.68. The predicted octanol–water partition coefficient (Wildman–Crippen LogP) is 4.60. The average molecular weight is 362 g/mol.